The number of hydrogen-bond acceptors (Lipinski definition) is 1. The molecule has 0 aromatic rings. The van der Waals surface area contributed by atoms with Gasteiger partial charge in [0.1, 0.15) is 0 Å². The molecular formula is C14H27N. The van der Waals surface area contributed by atoms with E-state index in [4.69, 9.17) is 0 Å². The molecule has 1 heterocycles. The van der Waals surface area contributed by atoms with E-state index in [0.29, 0.717) is 5.41 Å². The molecule has 1 aliphatic heterocycles. The summed E-state index contributed by atoms with van der Waals surface area (Å²) in [5.41, 5.74) is 0.603. The van der Waals surface area contributed by atoms with Crippen molar-refractivity contribution in [3.8, 4) is 0 Å². The van der Waals surface area contributed by atoms with Crippen LogP contribution in [0.5, 0.6) is 0 Å². The Kier molecular flexibility index (Phi) is 3.39. The number of piperidine rings is 1. The highest BCUT2D eigenvalue weighted by atomic mass is 15.2. The summed E-state index contributed by atoms with van der Waals surface area (Å²) in [5.74, 6) is 0.970. The van der Waals surface area contributed by atoms with Gasteiger partial charge in [-0.1, -0.05) is 27.2 Å². The van der Waals surface area contributed by atoms with Crippen molar-refractivity contribution in [3.05, 3.63) is 0 Å². The fourth-order valence-corrected chi connectivity index (χ4v) is 3.36. The molecule has 0 aromatic heterocycles. The summed E-state index contributed by atoms with van der Waals surface area (Å²) in [6, 6.07) is 0.904. The van der Waals surface area contributed by atoms with Crippen LogP contribution in [0.3, 0.4) is 0 Å². The largest absolute Gasteiger partial charge is 0.300 e. The summed E-state index contributed by atoms with van der Waals surface area (Å²) >= 11 is 0. The maximum Gasteiger partial charge on any atom is 0.0100 e. The fourth-order valence-electron chi connectivity index (χ4n) is 3.36. The predicted molar refractivity (Wildman–Crippen MR) is 66.0 cm³/mol. The molecule has 0 bridgehead atoms. The number of hydrogen-bond donors (Lipinski definition) is 0. The Morgan fingerprint density at radius 1 is 1.07 bits per heavy atom. The lowest BCUT2D eigenvalue weighted by Crippen LogP contribution is -2.44. The standard InChI is InChI=1S/C14H27N/c1-12-6-9-15(10-7-12)13-5-4-8-14(2,3)11-13/h12-13H,4-11H2,1-3H3. The van der Waals surface area contributed by atoms with Crippen molar-refractivity contribution in [1.29, 1.82) is 0 Å². The second-order valence-electron chi connectivity index (χ2n) is 6.63. The average molecular weight is 209 g/mol. The van der Waals surface area contributed by atoms with Gasteiger partial charge in [-0.3, -0.25) is 0 Å². The molecule has 0 spiro atoms. The molecule has 0 N–H and O–H groups in total. The van der Waals surface area contributed by atoms with E-state index in [0.717, 1.165) is 12.0 Å². The molecule has 1 saturated carbocycles. The molecule has 2 aliphatic rings. The maximum atomic E-state index is 2.78. The molecule has 1 atom stereocenters. The van der Waals surface area contributed by atoms with Gasteiger partial charge >= 0.3 is 0 Å². The van der Waals surface area contributed by atoms with Crippen LogP contribution in [0.25, 0.3) is 0 Å². The van der Waals surface area contributed by atoms with E-state index in [-0.39, 0.29) is 0 Å². The highest BCUT2D eigenvalue weighted by Gasteiger charge is 2.32. The van der Waals surface area contributed by atoms with Crippen LogP contribution in [-0.4, -0.2) is 24.0 Å². The Morgan fingerprint density at radius 3 is 2.33 bits per heavy atom. The lowest BCUT2D eigenvalue weighted by atomic mass is 9.74. The molecule has 0 amide bonds. The van der Waals surface area contributed by atoms with Gasteiger partial charge in [-0.15, -0.1) is 0 Å². The van der Waals surface area contributed by atoms with Gasteiger partial charge < -0.3 is 4.90 Å². The summed E-state index contributed by atoms with van der Waals surface area (Å²) in [6.45, 7) is 10.0. The smallest absolute Gasteiger partial charge is 0.0100 e. The highest BCUT2D eigenvalue weighted by molar-refractivity contribution is 4.86. The van der Waals surface area contributed by atoms with E-state index in [1.165, 1.54) is 51.6 Å². The monoisotopic (exact) mass is 209 g/mol. The van der Waals surface area contributed by atoms with Crippen molar-refractivity contribution in [2.45, 2.75) is 65.3 Å². The molecule has 2 rings (SSSR count). The molecule has 88 valence electrons. The molecule has 0 radical (unpaired) electrons. The minimum absolute atomic E-state index is 0.603. The van der Waals surface area contributed by atoms with Crippen molar-refractivity contribution >= 4 is 0 Å². The fraction of sp³-hybridized carbons (Fsp3) is 1.00. The third-order valence-electron chi connectivity index (χ3n) is 4.51. The minimum Gasteiger partial charge on any atom is -0.300 e. The van der Waals surface area contributed by atoms with Crippen molar-refractivity contribution < 1.29 is 0 Å². The molecule has 2 fully saturated rings. The Labute approximate surface area is 95.2 Å². The first-order valence-corrected chi connectivity index (χ1v) is 6.81. The summed E-state index contributed by atoms with van der Waals surface area (Å²) in [6.07, 6.45) is 8.63. The first kappa shape index (κ1) is 11.4. The van der Waals surface area contributed by atoms with Crippen LogP contribution in [0.4, 0.5) is 0 Å². The van der Waals surface area contributed by atoms with Gasteiger partial charge in [0.25, 0.3) is 0 Å². The van der Waals surface area contributed by atoms with Gasteiger partial charge in [0.2, 0.25) is 0 Å². The summed E-state index contributed by atoms with van der Waals surface area (Å²) in [7, 11) is 0. The van der Waals surface area contributed by atoms with E-state index >= 15 is 0 Å². The van der Waals surface area contributed by atoms with Crippen LogP contribution in [0.1, 0.15) is 59.3 Å². The average Bonchev–Trinajstić information content (AvgIpc) is 2.17. The minimum atomic E-state index is 0.603. The first-order valence-electron chi connectivity index (χ1n) is 6.81. The molecular weight excluding hydrogens is 182 g/mol. The number of rotatable bonds is 1. The zero-order valence-electron chi connectivity index (χ0n) is 10.8. The number of likely N-dealkylation sites (tertiary alicyclic amines) is 1. The van der Waals surface area contributed by atoms with Gasteiger partial charge in [0, 0.05) is 6.04 Å². The molecule has 1 saturated heterocycles. The van der Waals surface area contributed by atoms with Gasteiger partial charge in [0.15, 0.2) is 0 Å². The molecule has 1 aliphatic carbocycles. The van der Waals surface area contributed by atoms with Crippen LogP contribution in [0.2, 0.25) is 0 Å². The third kappa shape index (κ3) is 2.96. The van der Waals surface area contributed by atoms with E-state index in [9.17, 15) is 0 Å². The molecule has 15 heavy (non-hydrogen) atoms. The Morgan fingerprint density at radius 2 is 1.73 bits per heavy atom. The van der Waals surface area contributed by atoms with Crippen molar-refractivity contribution in [3.63, 3.8) is 0 Å². The van der Waals surface area contributed by atoms with E-state index in [1.54, 1.807) is 0 Å². The predicted octanol–water partition coefficient (Wildman–Crippen LogP) is 3.69. The van der Waals surface area contributed by atoms with Crippen LogP contribution in [-0.2, 0) is 0 Å². The van der Waals surface area contributed by atoms with Crippen molar-refractivity contribution in [2.75, 3.05) is 13.1 Å². The van der Waals surface area contributed by atoms with Crippen molar-refractivity contribution in [1.82, 2.24) is 4.90 Å². The third-order valence-corrected chi connectivity index (χ3v) is 4.51. The second kappa shape index (κ2) is 4.45. The Hall–Kier alpha value is -0.0400. The zero-order valence-corrected chi connectivity index (χ0v) is 10.8. The van der Waals surface area contributed by atoms with Crippen LogP contribution in [0.15, 0.2) is 0 Å². The first-order chi connectivity index (χ1) is 7.07. The lowest BCUT2D eigenvalue weighted by molar-refractivity contribution is 0.0680. The molecule has 1 unspecified atom stereocenters. The summed E-state index contributed by atoms with van der Waals surface area (Å²) in [4.78, 5) is 2.78. The van der Waals surface area contributed by atoms with Crippen LogP contribution < -0.4 is 0 Å². The van der Waals surface area contributed by atoms with E-state index in [1.807, 2.05) is 0 Å². The summed E-state index contributed by atoms with van der Waals surface area (Å²) < 4.78 is 0. The van der Waals surface area contributed by atoms with Crippen LogP contribution in [0, 0.1) is 11.3 Å². The van der Waals surface area contributed by atoms with Crippen LogP contribution >= 0.6 is 0 Å². The van der Waals surface area contributed by atoms with Crippen molar-refractivity contribution in [2.24, 2.45) is 11.3 Å². The SMILES string of the molecule is CC1CCN(C2CCCC(C)(C)C2)CC1. The summed E-state index contributed by atoms with van der Waals surface area (Å²) in [5, 5.41) is 0. The van der Waals surface area contributed by atoms with Gasteiger partial charge in [0.05, 0.1) is 0 Å². The quantitative estimate of drug-likeness (QED) is 0.636. The topological polar surface area (TPSA) is 3.24 Å². The zero-order chi connectivity index (χ0) is 10.9. The second-order valence-corrected chi connectivity index (χ2v) is 6.63. The Balaban J connectivity index is 1.88. The van der Waals surface area contributed by atoms with E-state index < -0.39 is 0 Å². The van der Waals surface area contributed by atoms with Gasteiger partial charge in [-0.25, -0.2) is 0 Å². The maximum absolute atomic E-state index is 2.78. The molecule has 1 nitrogen and oxygen atoms in total. The lowest BCUT2D eigenvalue weighted by Gasteiger charge is -2.43. The molecule has 0 aromatic carbocycles. The molecule has 1 heteroatoms. The van der Waals surface area contributed by atoms with Gasteiger partial charge in [-0.05, 0) is 56.5 Å². The highest BCUT2D eigenvalue weighted by Crippen LogP contribution is 2.38. The van der Waals surface area contributed by atoms with E-state index in [2.05, 4.69) is 25.7 Å². The van der Waals surface area contributed by atoms with Gasteiger partial charge in [-0.2, -0.15) is 0 Å². The normalized spacial score (nSPS) is 34.2. The number of nitrogens with zero attached hydrogens (tertiary/aromatic N) is 1. The Bertz CT molecular complexity index is 201.